The van der Waals surface area contributed by atoms with Crippen LogP contribution in [0.15, 0.2) is 34.1 Å². The molecule has 0 atom stereocenters. The van der Waals surface area contributed by atoms with Crippen LogP contribution in [0.1, 0.15) is 31.7 Å². The Hall–Kier alpha value is -1.99. The number of benzene rings is 1. The van der Waals surface area contributed by atoms with E-state index in [1.54, 1.807) is 10.8 Å². The van der Waals surface area contributed by atoms with Crippen molar-refractivity contribution >= 4 is 24.1 Å². The zero-order valence-corrected chi connectivity index (χ0v) is 13.4. The highest BCUT2D eigenvalue weighted by Crippen LogP contribution is 2.41. The summed E-state index contributed by atoms with van der Waals surface area (Å²) >= 11 is 4.31. The molecule has 0 unspecified atom stereocenters. The molecule has 4 rings (SSSR count). The Labute approximate surface area is 139 Å². The van der Waals surface area contributed by atoms with Gasteiger partial charge in [-0.2, -0.15) is 4.98 Å². The van der Waals surface area contributed by atoms with Crippen LogP contribution in [0.5, 0.6) is 11.5 Å². The van der Waals surface area contributed by atoms with E-state index in [-0.39, 0.29) is 17.8 Å². The molecule has 2 heterocycles. The normalized spacial score (nSPS) is 22.5. The van der Waals surface area contributed by atoms with Crippen LogP contribution in [-0.4, -0.2) is 15.6 Å². The van der Waals surface area contributed by atoms with E-state index in [0.717, 1.165) is 36.3 Å². The fraction of sp³-hybridized carbons (Fsp3) is 0.375. The Morgan fingerprint density at radius 1 is 1.26 bits per heavy atom. The van der Waals surface area contributed by atoms with E-state index in [9.17, 15) is 4.79 Å². The van der Waals surface area contributed by atoms with Crippen LogP contribution < -0.4 is 21.5 Å². The molecule has 0 spiro atoms. The number of nitrogens with one attached hydrogen (secondary N) is 1. The molecule has 2 aromatic rings. The number of aromatic nitrogens is 2. The molecule has 1 saturated carbocycles. The first kappa shape index (κ1) is 14.6. The summed E-state index contributed by atoms with van der Waals surface area (Å²) in [6, 6.07) is 5.94. The van der Waals surface area contributed by atoms with E-state index in [1.807, 2.05) is 18.2 Å². The maximum atomic E-state index is 12.4. The minimum absolute atomic E-state index is 0.143. The van der Waals surface area contributed by atoms with E-state index in [0.29, 0.717) is 17.3 Å². The lowest BCUT2D eigenvalue weighted by Gasteiger charge is -2.28. The fourth-order valence-corrected chi connectivity index (χ4v) is 3.41. The lowest BCUT2D eigenvalue weighted by Crippen LogP contribution is -2.33. The first-order chi connectivity index (χ1) is 11.1. The summed E-state index contributed by atoms with van der Waals surface area (Å²) in [5.74, 6) is 1.72. The Morgan fingerprint density at radius 2 is 2.04 bits per heavy atom. The summed E-state index contributed by atoms with van der Waals surface area (Å²) in [6.45, 7) is 0. The molecule has 23 heavy (non-hydrogen) atoms. The van der Waals surface area contributed by atoms with Crippen LogP contribution in [0.2, 0.25) is 0 Å². The van der Waals surface area contributed by atoms with Gasteiger partial charge in [-0.15, -0.1) is 12.6 Å². The highest BCUT2D eigenvalue weighted by molar-refractivity contribution is 7.80. The van der Waals surface area contributed by atoms with Crippen LogP contribution in [0.4, 0.5) is 11.5 Å². The second kappa shape index (κ2) is 5.58. The van der Waals surface area contributed by atoms with Crippen molar-refractivity contribution in [2.24, 2.45) is 5.73 Å². The number of nitrogens with zero attached hydrogens (tertiary/aromatic N) is 2. The first-order valence-corrected chi connectivity index (χ1v) is 8.21. The van der Waals surface area contributed by atoms with Crippen molar-refractivity contribution < 1.29 is 4.74 Å². The summed E-state index contributed by atoms with van der Waals surface area (Å²) in [6.07, 6.45) is 5.42. The zero-order valence-electron chi connectivity index (χ0n) is 12.5. The number of nitrogens with two attached hydrogens (primary N) is 1. The lowest BCUT2D eigenvalue weighted by atomic mass is 9.92. The quantitative estimate of drug-likeness (QED) is 0.598. The number of rotatable bonds is 1. The third-order valence-electron chi connectivity index (χ3n) is 4.49. The number of anilines is 2. The molecule has 1 aliphatic carbocycles. The van der Waals surface area contributed by atoms with Gasteiger partial charge in [0, 0.05) is 17.0 Å². The van der Waals surface area contributed by atoms with Gasteiger partial charge in [-0.1, -0.05) is 0 Å². The molecule has 7 heteroatoms. The molecule has 0 amide bonds. The smallest absolute Gasteiger partial charge is 0.350 e. The molecule has 1 aromatic heterocycles. The molecule has 3 N–H and O–H groups in total. The van der Waals surface area contributed by atoms with Crippen LogP contribution >= 0.6 is 12.6 Å². The minimum Gasteiger partial charge on any atom is -0.450 e. The monoisotopic (exact) mass is 330 g/mol. The minimum atomic E-state index is -0.259. The Morgan fingerprint density at radius 3 is 2.83 bits per heavy atom. The van der Waals surface area contributed by atoms with Gasteiger partial charge in [-0.3, -0.25) is 4.57 Å². The van der Waals surface area contributed by atoms with Crippen molar-refractivity contribution in [3.8, 4) is 11.5 Å². The average molecular weight is 330 g/mol. The van der Waals surface area contributed by atoms with Gasteiger partial charge in [-0.05, 0) is 43.9 Å². The Kier molecular flexibility index (Phi) is 3.54. The van der Waals surface area contributed by atoms with E-state index in [1.165, 1.54) is 0 Å². The fourth-order valence-electron chi connectivity index (χ4n) is 3.21. The van der Waals surface area contributed by atoms with Crippen molar-refractivity contribution in [2.75, 3.05) is 5.32 Å². The maximum Gasteiger partial charge on any atom is 0.350 e. The Bertz CT molecular complexity index is 812. The molecule has 0 saturated heterocycles. The summed E-state index contributed by atoms with van der Waals surface area (Å²) in [5.41, 5.74) is 6.45. The first-order valence-electron chi connectivity index (χ1n) is 7.77. The highest BCUT2D eigenvalue weighted by atomic mass is 32.1. The summed E-state index contributed by atoms with van der Waals surface area (Å²) in [4.78, 5) is 17.3. The molecule has 0 radical (unpaired) electrons. The third kappa shape index (κ3) is 2.70. The van der Waals surface area contributed by atoms with Gasteiger partial charge in [-0.25, -0.2) is 4.79 Å². The van der Waals surface area contributed by atoms with Crippen LogP contribution in [0.3, 0.4) is 0 Å². The van der Waals surface area contributed by atoms with Gasteiger partial charge in [0.25, 0.3) is 0 Å². The molecule has 6 nitrogen and oxygen atoms in total. The van der Waals surface area contributed by atoms with Gasteiger partial charge in [0.15, 0.2) is 17.3 Å². The second-order valence-corrected chi connectivity index (χ2v) is 6.64. The lowest BCUT2D eigenvalue weighted by molar-refractivity contribution is 0.312. The topological polar surface area (TPSA) is 82.2 Å². The molecular formula is C16H18N4O2S. The summed E-state index contributed by atoms with van der Waals surface area (Å²) in [5, 5.41) is 3.14. The van der Waals surface area contributed by atoms with Crippen molar-refractivity contribution in [3.05, 3.63) is 34.9 Å². The second-order valence-electron chi connectivity index (χ2n) is 6.12. The van der Waals surface area contributed by atoms with Crippen molar-refractivity contribution in [1.29, 1.82) is 0 Å². The largest absolute Gasteiger partial charge is 0.450 e. The van der Waals surface area contributed by atoms with Crippen molar-refractivity contribution in [2.45, 2.75) is 42.7 Å². The summed E-state index contributed by atoms with van der Waals surface area (Å²) < 4.78 is 7.58. The van der Waals surface area contributed by atoms with E-state index in [4.69, 9.17) is 10.5 Å². The number of hydrogen-bond donors (Lipinski definition) is 3. The van der Waals surface area contributed by atoms with Gasteiger partial charge >= 0.3 is 5.69 Å². The van der Waals surface area contributed by atoms with Gasteiger partial charge in [0.1, 0.15) is 0 Å². The van der Waals surface area contributed by atoms with Gasteiger partial charge < -0.3 is 15.8 Å². The molecule has 2 aliphatic rings. The van der Waals surface area contributed by atoms with E-state index < -0.39 is 0 Å². The summed E-state index contributed by atoms with van der Waals surface area (Å²) in [7, 11) is 0. The predicted octanol–water partition coefficient (Wildman–Crippen LogP) is 2.82. The standard InChI is InChI=1S/C16H18N4O2S/c17-9-1-3-10(4-2-9)20-8-14-15(19-16(20)21)18-12-7-11(23)5-6-13(12)22-14/h5-10,23H,1-4,17H2,(H,18,19,21). The van der Waals surface area contributed by atoms with Crippen molar-refractivity contribution in [1.82, 2.24) is 9.55 Å². The molecule has 1 aromatic carbocycles. The maximum absolute atomic E-state index is 12.4. The van der Waals surface area contributed by atoms with Gasteiger partial charge in [0.05, 0.1) is 11.9 Å². The zero-order chi connectivity index (χ0) is 16.0. The third-order valence-corrected chi connectivity index (χ3v) is 4.77. The Balaban J connectivity index is 1.68. The van der Waals surface area contributed by atoms with Gasteiger partial charge in [0.2, 0.25) is 0 Å². The van der Waals surface area contributed by atoms with E-state index in [2.05, 4.69) is 22.9 Å². The molecule has 1 aliphatic heterocycles. The highest BCUT2D eigenvalue weighted by Gasteiger charge is 2.25. The average Bonchev–Trinajstić information content (AvgIpc) is 2.53. The number of thiol groups is 1. The van der Waals surface area contributed by atoms with Crippen LogP contribution in [0.25, 0.3) is 0 Å². The number of hydrogen-bond acceptors (Lipinski definition) is 6. The number of ether oxygens (including phenoxy) is 1. The predicted molar refractivity (Wildman–Crippen MR) is 91.0 cm³/mol. The molecular weight excluding hydrogens is 312 g/mol. The van der Waals surface area contributed by atoms with Crippen LogP contribution in [-0.2, 0) is 0 Å². The molecule has 120 valence electrons. The SMILES string of the molecule is NC1CCC(n2cc3c(nc2=O)Nc2cc(S)ccc2O3)CC1. The molecule has 1 fully saturated rings. The van der Waals surface area contributed by atoms with E-state index >= 15 is 0 Å². The number of fused-ring (bicyclic) bond motifs is 2. The van der Waals surface area contributed by atoms with Crippen LogP contribution in [0, 0.1) is 0 Å². The van der Waals surface area contributed by atoms with Crippen molar-refractivity contribution in [3.63, 3.8) is 0 Å². The molecule has 0 bridgehead atoms.